The Morgan fingerprint density at radius 2 is 2.07 bits per heavy atom. The van der Waals surface area contributed by atoms with E-state index < -0.39 is 0 Å². The molecule has 0 spiro atoms. The van der Waals surface area contributed by atoms with Crippen LogP contribution in [0.25, 0.3) is 0 Å². The Labute approximate surface area is 178 Å². The second kappa shape index (κ2) is 10.4. The smallest absolute Gasteiger partial charge is 0.326 e. The summed E-state index contributed by atoms with van der Waals surface area (Å²) in [6, 6.07) is 6.11. The number of amidine groups is 1. The number of aliphatic imine (C=N–C) groups is 1. The number of rotatable bonds is 6. The Balaban J connectivity index is 2.21. The van der Waals surface area contributed by atoms with Gasteiger partial charge in [0.15, 0.2) is 0 Å². The van der Waals surface area contributed by atoms with Gasteiger partial charge in [-0.3, -0.25) is 9.79 Å². The van der Waals surface area contributed by atoms with Crippen molar-refractivity contribution in [1.29, 1.82) is 0 Å². The summed E-state index contributed by atoms with van der Waals surface area (Å²) >= 11 is 3.55. The number of hydrogen-bond donors (Lipinski definition) is 0. The van der Waals surface area contributed by atoms with Gasteiger partial charge in [0, 0.05) is 23.6 Å². The van der Waals surface area contributed by atoms with Crippen molar-refractivity contribution in [2.75, 3.05) is 18.5 Å². The van der Waals surface area contributed by atoms with Crippen molar-refractivity contribution in [3.05, 3.63) is 28.2 Å². The Morgan fingerprint density at radius 1 is 1.36 bits per heavy atom. The van der Waals surface area contributed by atoms with Crippen LogP contribution in [0.5, 0.6) is 0 Å². The van der Waals surface area contributed by atoms with Crippen LogP contribution in [0.4, 0.5) is 5.69 Å². The maximum absolute atomic E-state index is 13.0. The van der Waals surface area contributed by atoms with Crippen LogP contribution in [0, 0.1) is 24.7 Å². The molecule has 0 unspecified atom stereocenters. The number of nitrogens with zero attached hydrogens (tertiary/aromatic N) is 2. The van der Waals surface area contributed by atoms with Crippen molar-refractivity contribution >= 4 is 33.4 Å². The predicted molar refractivity (Wildman–Crippen MR) is 121 cm³/mol. The molecule has 156 valence electrons. The van der Waals surface area contributed by atoms with Gasteiger partial charge in [0.2, 0.25) is 0 Å². The van der Waals surface area contributed by atoms with Gasteiger partial charge >= 0.3 is 5.97 Å². The number of hydrogen-bond acceptors (Lipinski definition) is 3. The number of ether oxygens (including phenoxy) is 1. The zero-order valence-electron chi connectivity index (χ0n) is 18.2. The highest BCUT2D eigenvalue weighted by atomic mass is 79.9. The molecular formula is C23H35BrN2O2. The quantitative estimate of drug-likeness (QED) is 0.302. The third-order valence-corrected chi connectivity index (χ3v) is 6.37. The van der Waals surface area contributed by atoms with E-state index in [0.717, 1.165) is 40.8 Å². The molecule has 0 N–H and O–H groups in total. The first-order valence-electron chi connectivity index (χ1n) is 10.5. The van der Waals surface area contributed by atoms with Gasteiger partial charge in [0.1, 0.15) is 18.5 Å². The van der Waals surface area contributed by atoms with Crippen LogP contribution in [0.1, 0.15) is 58.9 Å². The van der Waals surface area contributed by atoms with Gasteiger partial charge in [-0.2, -0.15) is 0 Å². The normalized spacial score (nSPS) is 23.0. The van der Waals surface area contributed by atoms with Gasteiger partial charge in [0.05, 0.1) is 0 Å². The fourth-order valence-electron chi connectivity index (χ4n) is 4.24. The monoisotopic (exact) mass is 450 g/mol. The van der Waals surface area contributed by atoms with Gasteiger partial charge in [-0.15, -0.1) is 0 Å². The summed E-state index contributed by atoms with van der Waals surface area (Å²) in [5.74, 6) is 2.30. The molecule has 0 saturated heterocycles. The minimum atomic E-state index is -0.168. The summed E-state index contributed by atoms with van der Waals surface area (Å²) in [7, 11) is 1.78. The van der Waals surface area contributed by atoms with Gasteiger partial charge in [-0.05, 0) is 55.2 Å². The topological polar surface area (TPSA) is 41.9 Å². The third kappa shape index (κ3) is 5.82. The standard InChI is InChI=1S/C23H35BrN2O2/c1-7-22(25-6)26(20-13-18(24)10-9-17(20)5)14-23(27)28-21-12-16(4)8-11-19(21)15(2)3/h9-10,13,15-16,19,21H,7-8,11-12,14H2,1-6H3/t16-,19+,21-/m1/s1. The lowest BCUT2D eigenvalue weighted by molar-refractivity contribution is -0.154. The molecule has 28 heavy (non-hydrogen) atoms. The van der Waals surface area contributed by atoms with E-state index >= 15 is 0 Å². The molecule has 0 bridgehead atoms. The maximum Gasteiger partial charge on any atom is 0.326 e. The lowest BCUT2D eigenvalue weighted by atomic mass is 9.75. The summed E-state index contributed by atoms with van der Waals surface area (Å²) in [6.45, 7) is 11.0. The molecule has 0 aliphatic heterocycles. The molecule has 0 aromatic heterocycles. The number of benzene rings is 1. The molecule has 1 saturated carbocycles. The average molecular weight is 451 g/mol. The maximum atomic E-state index is 13.0. The van der Waals surface area contributed by atoms with Crippen LogP contribution in [0.15, 0.2) is 27.7 Å². The molecule has 1 aromatic rings. The summed E-state index contributed by atoms with van der Waals surface area (Å²) in [5, 5.41) is 0. The first-order valence-corrected chi connectivity index (χ1v) is 11.2. The van der Waals surface area contributed by atoms with Gasteiger partial charge in [0.25, 0.3) is 0 Å². The second-order valence-electron chi connectivity index (χ2n) is 8.36. The fraction of sp³-hybridized carbons (Fsp3) is 0.652. The van der Waals surface area contributed by atoms with Crippen LogP contribution in [0.3, 0.4) is 0 Å². The van der Waals surface area contributed by atoms with Crippen LogP contribution in [0.2, 0.25) is 0 Å². The zero-order chi connectivity index (χ0) is 20.8. The van der Waals surface area contributed by atoms with Gasteiger partial charge < -0.3 is 9.64 Å². The van der Waals surface area contributed by atoms with Crippen molar-refractivity contribution in [2.24, 2.45) is 22.7 Å². The zero-order valence-corrected chi connectivity index (χ0v) is 19.8. The molecule has 0 heterocycles. The molecule has 1 aliphatic carbocycles. The second-order valence-corrected chi connectivity index (χ2v) is 9.28. The lowest BCUT2D eigenvalue weighted by Gasteiger charge is -2.37. The van der Waals surface area contributed by atoms with Gasteiger partial charge in [-0.25, -0.2) is 0 Å². The summed E-state index contributed by atoms with van der Waals surface area (Å²) in [6.07, 6.45) is 4.10. The van der Waals surface area contributed by atoms with E-state index in [-0.39, 0.29) is 18.6 Å². The van der Waals surface area contributed by atoms with Crippen molar-refractivity contribution in [3.8, 4) is 0 Å². The van der Waals surface area contributed by atoms with E-state index in [1.807, 2.05) is 17.0 Å². The number of esters is 1. The molecule has 4 nitrogen and oxygen atoms in total. The van der Waals surface area contributed by atoms with Crippen LogP contribution >= 0.6 is 15.9 Å². The first-order chi connectivity index (χ1) is 13.3. The van der Waals surface area contributed by atoms with Crippen molar-refractivity contribution in [2.45, 2.75) is 66.4 Å². The van der Waals surface area contributed by atoms with Gasteiger partial charge in [-0.1, -0.05) is 56.1 Å². The van der Waals surface area contributed by atoms with Crippen LogP contribution < -0.4 is 4.90 Å². The van der Waals surface area contributed by atoms with E-state index in [0.29, 0.717) is 17.8 Å². The van der Waals surface area contributed by atoms with E-state index in [9.17, 15) is 4.79 Å². The Kier molecular flexibility index (Phi) is 8.54. The molecule has 0 amide bonds. The SMILES string of the molecule is CCC(=NC)N(CC(=O)O[C@@H]1C[C@H](C)CC[C@H]1C(C)C)c1cc(Br)ccc1C. The van der Waals surface area contributed by atoms with E-state index in [1.54, 1.807) is 7.05 Å². The predicted octanol–water partition coefficient (Wildman–Crippen LogP) is 6.01. The minimum absolute atomic E-state index is 0.0188. The number of anilines is 1. The molecule has 1 fully saturated rings. The summed E-state index contributed by atoms with van der Waals surface area (Å²) in [4.78, 5) is 19.4. The van der Waals surface area contributed by atoms with Crippen molar-refractivity contribution in [1.82, 2.24) is 0 Å². The molecule has 5 heteroatoms. The Hall–Kier alpha value is -1.36. The third-order valence-electron chi connectivity index (χ3n) is 5.88. The van der Waals surface area contributed by atoms with Crippen molar-refractivity contribution in [3.63, 3.8) is 0 Å². The largest absolute Gasteiger partial charge is 0.461 e. The molecule has 2 rings (SSSR count). The Bertz CT molecular complexity index is 702. The number of halogens is 1. The first kappa shape index (κ1) is 22.9. The summed E-state index contributed by atoms with van der Waals surface area (Å²) < 4.78 is 7.03. The lowest BCUT2D eigenvalue weighted by Crippen LogP contribution is -2.41. The molecule has 1 aromatic carbocycles. The number of carbonyl (C=O) groups is 1. The number of carbonyl (C=O) groups excluding carboxylic acids is 1. The Morgan fingerprint density at radius 3 is 2.68 bits per heavy atom. The van der Waals surface area contributed by atoms with Crippen LogP contribution in [-0.2, 0) is 9.53 Å². The molecular weight excluding hydrogens is 416 g/mol. The summed E-state index contributed by atoms with van der Waals surface area (Å²) in [5.41, 5.74) is 2.10. The van der Waals surface area contributed by atoms with E-state index in [2.05, 4.69) is 61.6 Å². The van der Waals surface area contributed by atoms with E-state index in [4.69, 9.17) is 4.74 Å². The van der Waals surface area contributed by atoms with Crippen molar-refractivity contribution < 1.29 is 9.53 Å². The minimum Gasteiger partial charge on any atom is -0.461 e. The highest BCUT2D eigenvalue weighted by Crippen LogP contribution is 2.35. The molecule has 0 radical (unpaired) electrons. The molecule has 3 atom stereocenters. The average Bonchev–Trinajstić information content (AvgIpc) is 2.63. The molecule has 1 aliphatic rings. The fourth-order valence-corrected chi connectivity index (χ4v) is 4.59. The number of aryl methyl sites for hydroxylation is 1. The highest BCUT2D eigenvalue weighted by molar-refractivity contribution is 9.10. The van der Waals surface area contributed by atoms with E-state index in [1.165, 1.54) is 6.42 Å². The van der Waals surface area contributed by atoms with Crippen LogP contribution in [-0.4, -0.2) is 31.5 Å². The highest BCUT2D eigenvalue weighted by Gasteiger charge is 2.34.